The summed E-state index contributed by atoms with van der Waals surface area (Å²) >= 11 is 1.78. The summed E-state index contributed by atoms with van der Waals surface area (Å²) in [5.41, 5.74) is 5.71. The van der Waals surface area contributed by atoms with Crippen molar-refractivity contribution in [3.05, 3.63) is 59.2 Å². The molecule has 1 atom stereocenters. The molecule has 0 spiro atoms. The van der Waals surface area contributed by atoms with Gasteiger partial charge in [0.1, 0.15) is 0 Å². The number of thioether (sulfide) groups is 1. The van der Waals surface area contributed by atoms with E-state index in [1.165, 1.54) is 41.8 Å². The van der Waals surface area contributed by atoms with Gasteiger partial charge in [0.05, 0.1) is 0 Å². The number of anilines is 1. The first kappa shape index (κ1) is 14.5. The van der Waals surface area contributed by atoms with Crippen LogP contribution in [0, 0.1) is 0 Å². The molecule has 0 aromatic heterocycles. The molecule has 0 aliphatic heterocycles. The zero-order valence-electron chi connectivity index (χ0n) is 12.9. The minimum Gasteiger partial charge on any atom is -0.378 e. The third-order valence-electron chi connectivity index (χ3n) is 4.33. The van der Waals surface area contributed by atoms with Crippen LogP contribution in [0.4, 0.5) is 5.69 Å². The van der Waals surface area contributed by atoms with Crippen LogP contribution < -0.4 is 5.32 Å². The Morgan fingerprint density at radius 1 is 1.00 bits per heavy atom. The molecule has 0 heterocycles. The molecule has 3 rings (SSSR count). The van der Waals surface area contributed by atoms with Crippen molar-refractivity contribution in [1.82, 2.24) is 0 Å². The fourth-order valence-electron chi connectivity index (χ4n) is 3.07. The monoisotopic (exact) mass is 297 g/mol. The van der Waals surface area contributed by atoms with Gasteiger partial charge in [-0.15, -0.1) is 11.8 Å². The lowest BCUT2D eigenvalue weighted by Crippen LogP contribution is -2.09. The molecule has 1 unspecified atom stereocenters. The van der Waals surface area contributed by atoms with Gasteiger partial charge >= 0.3 is 0 Å². The summed E-state index contributed by atoms with van der Waals surface area (Å²) in [5.74, 6) is 0. The third kappa shape index (κ3) is 3.44. The van der Waals surface area contributed by atoms with E-state index in [4.69, 9.17) is 0 Å². The van der Waals surface area contributed by atoms with E-state index in [0.29, 0.717) is 6.04 Å². The fourth-order valence-corrected chi connectivity index (χ4v) is 3.53. The first-order valence-corrected chi connectivity index (χ1v) is 9.01. The second-order valence-electron chi connectivity index (χ2n) is 5.83. The molecule has 0 radical (unpaired) electrons. The summed E-state index contributed by atoms with van der Waals surface area (Å²) in [6, 6.07) is 16.0. The molecule has 21 heavy (non-hydrogen) atoms. The van der Waals surface area contributed by atoms with Crippen LogP contribution in [0.1, 0.15) is 42.5 Å². The number of aryl methyl sites for hydroxylation is 2. The van der Waals surface area contributed by atoms with Gasteiger partial charge in [-0.1, -0.05) is 24.3 Å². The predicted molar refractivity (Wildman–Crippen MR) is 93.3 cm³/mol. The van der Waals surface area contributed by atoms with Crippen molar-refractivity contribution in [1.29, 1.82) is 0 Å². The molecule has 0 bridgehead atoms. The maximum Gasteiger partial charge on any atom is 0.0485 e. The Hall–Kier alpha value is -1.41. The average molecular weight is 297 g/mol. The topological polar surface area (TPSA) is 12.0 Å². The number of benzene rings is 2. The summed E-state index contributed by atoms with van der Waals surface area (Å²) in [7, 11) is 0. The summed E-state index contributed by atoms with van der Waals surface area (Å²) < 4.78 is 0. The van der Waals surface area contributed by atoms with E-state index in [1.54, 1.807) is 22.9 Å². The molecule has 2 heteroatoms. The summed E-state index contributed by atoms with van der Waals surface area (Å²) in [5, 5.41) is 3.63. The Morgan fingerprint density at radius 3 is 2.62 bits per heavy atom. The molecule has 0 fully saturated rings. The highest BCUT2D eigenvalue weighted by Crippen LogP contribution is 2.27. The van der Waals surface area contributed by atoms with Gasteiger partial charge in [-0.05, 0) is 73.8 Å². The lowest BCUT2D eigenvalue weighted by atomic mass is 9.89. The fraction of sp³-hybridized carbons (Fsp3) is 0.368. The first-order chi connectivity index (χ1) is 10.3. The van der Waals surface area contributed by atoms with Crippen LogP contribution in [-0.2, 0) is 12.8 Å². The molecule has 110 valence electrons. The average Bonchev–Trinajstić information content (AvgIpc) is 2.54. The second-order valence-corrected chi connectivity index (χ2v) is 6.71. The number of nitrogens with one attached hydrogen (secondary N) is 1. The van der Waals surface area contributed by atoms with Crippen LogP contribution in [0.25, 0.3) is 0 Å². The van der Waals surface area contributed by atoms with E-state index in [9.17, 15) is 0 Å². The van der Waals surface area contributed by atoms with Crippen LogP contribution in [0.5, 0.6) is 0 Å². The Labute approximate surface area is 132 Å². The minimum atomic E-state index is 0.342. The molecule has 1 aliphatic rings. The highest BCUT2D eigenvalue weighted by molar-refractivity contribution is 7.98. The van der Waals surface area contributed by atoms with Gasteiger partial charge in [-0.2, -0.15) is 0 Å². The van der Waals surface area contributed by atoms with Gasteiger partial charge in [0.25, 0.3) is 0 Å². The lowest BCUT2D eigenvalue weighted by molar-refractivity contribution is 0.683. The molecule has 1 N–H and O–H groups in total. The predicted octanol–water partition coefficient (Wildman–Crippen LogP) is 5.46. The standard InChI is InChI=1S/C19H23NS/c1-14(20-18-8-5-9-19(13-18)21-2)16-11-10-15-6-3-4-7-17(15)12-16/h5,8-14,20H,3-4,6-7H2,1-2H3. The maximum absolute atomic E-state index is 3.63. The number of rotatable bonds is 4. The molecular weight excluding hydrogens is 274 g/mol. The zero-order chi connectivity index (χ0) is 14.7. The number of hydrogen-bond acceptors (Lipinski definition) is 2. The quantitative estimate of drug-likeness (QED) is 0.752. The van der Waals surface area contributed by atoms with Gasteiger partial charge in [-0.3, -0.25) is 0 Å². The van der Waals surface area contributed by atoms with E-state index in [2.05, 4.69) is 61.0 Å². The van der Waals surface area contributed by atoms with Crippen LogP contribution >= 0.6 is 11.8 Å². The third-order valence-corrected chi connectivity index (χ3v) is 5.05. The van der Waals surface area contributed by atoms with Crippen molar-refractivity contribution < 1.29 is 0 Å². The SMILES string of the molecule is CSc1cccc(NC(C)c2ccc3c(c2)CCCC3)c1. The Balaban J connectivity index is 1.76. The zero-order valence-corrected chi connectivity index (χ0v) is 13.7. The van der Waals surface area contributed by atoms with Gasteiger partial charge in [-0.25, -0.2) is 0 Å². The maximum atomic E-state index is 3.63. The molecule has 1 nitrogen and oxygen atoms in total. The van der Waals surface area contributed by atoms with Gasteiger partial charge in [0, 0.05) is 16.6 Å². The largest absolute Gasteiger partial charge is 0.378 e. The second kappa shape index (κ2) is 6.57. The van der Waals surface area contributed by atoms with Crippen molar-refractivity contribution in [3.63, 3.8) is 0 Å². The van der Waals surface area contributed by atoms with Crippen LogP contribution in [-0.4, -0.2) is 6.26 Å². The van der Waals surface area contributed by atoms with E-state index >= 15 is 0 Å². The highest BCUT2D eigenvalue weighted by Gasteiger charge is 2.12. The molecule has 0 saturated heterocycles. The molecule has 2 aromatic rings. The summed E-state index contributed by atoms with van der Waals surface area (Å²) in [6.07, 6.45) is 7.31. The van der Waals surface area contributed by atoms with Crippen molar-refractivity contribution >= 4 is 17.4 Å². The van der Waals surface area contributed by atoms with E-state index in [0.717, 1.165) is 0 Å². The molecule has 0 saturated carbocycles. The first-order valence-electron chi connectivity index (χ1n) is 7.78. The van der Waals surface area contributed by atoms with Gasteiger partial charge in [0.2, 0.25) is 0 Å². The Bertz CT molecular complexity index is 621. The summed E-state index contributed by atoms with van der Waals surface area (Å²) in [6.45, 7) is 2.25. The van der Waals surface area contributed by atoms with Crippen molar-refractivity contribution in [2.24, 2.45) is 0 Å². The van der Waals surface area contributed by atoms with Gasteiger partial charge < -0.3 is 5.32 Å². The molecule has 0 amide bonds. The van der Waals surface area contributed by atoms with Crippen molar-refractivity contribution in [2.75, 3.05) is 11.6 Å². The van der Waals surface area contributed by atoms with Crippen molar-refractivity contribution in [3.8, 4) is 0 Å². The van der Waals surface area contributed by atoms with Crippen molar-refractivity contribution in [2.45, 2.75) is 43.5 Å². The summed E-state index contributed by atoms with van der Waals surface area (Å²) in [4.78, 5) is 1.30. The van der Waals surface area contributed by atoms with E-state index < -0.39 is 0 Å². The highest BCUT2D eigenvalue weighted by atomic mass is 32.2. The molecule has 2 aromatic carbocycles. The number of hydrogen-bond donors (Lipinski definition) is 1. The van der Waals surface area contributed by atoms with Crippen LogP contribution in [0.3, 0.4) is 0 Å². The smallest absolute Gasteiger partial charge is 0.0485 e. The van der Waals surface area contributed by atoms with Crippen LogP contribution in [0.15, 0.2) is 47.4 Å². The number of fused-ring (bicyclic) bond motifs is 1. The lowest BCUT2D eigenvalue weighted by Gasteiger charge is -2.21. The Kier molecular flexibility index (Phi) is 4.54. The normalized spacial score (nSPS) is 15.3. The molecular formula is C19H23NS. The van der Waals surface area contributed by atoms with Gasteiger partial charge in [0.15, 0.2) is 0 Å². The van der Waals surface area contributed by atoms with E-state index in [-0.39, 0.29) is 0 Å². The Morgan fingerprint density at radius 2 is 1.81 bits per heavy atom. The van der Waals surface area contributed by atoms with Crippen LogP contribution in [0.2, 0.25) is 0 Å². The minimum absolute atomic E-state index is 0.342. The van der Waals surface area contributed by atoms with E-state index in [1.807, 2.05) is 0 Å². The molecule has 1 aliphatic carbocycles.